The van der Waals surface area contributed by atoms with Crippen molar-refractivity contribution in [1.29, 1.82) is 0 Å². The van der Waals surface area contributed by atoms with E-state index < -0.39 is 6.10 Å². The van der Waals surface area contributed by atoms with E-state index in [-0.39, 0.29) is 0 Å². The van der Waals surface area contributed by atoms with E-state index in [1.54, 1.807) is 25.6 Å². The smallest absolute Gasteiger partial charge is 0.137 e. The zero-order valence-electron chi connectivity index (χ0n) is 10.7. The summed E-state index contributed by atoms with van der Waals surface area (Å²) in [4.78, 5) is 4.06. The lowest BCUT2D eigenvalue weighted by molar-refractivity contribution is 0.219. The lowest BCUT2D eigenvalue weighted by atomic mass is 10.00. The van der Waals surface area contributed by atoms with Crippen LogP contribution < -0.4 is 9.47 Å². The number of aliphatic hydroxyl groups is 1. The lowest BCUT2D eigenvalue weighted by Gasteiger charge is -2.13. The van der Waals surface area contributed by atoms with Crippen LogP contribution in [0.3, 0.4) is 0 Å². The highest BCUT2D eigenvalue weighted by atomic mass is 16.5. The third-order valence-electron chi connectivity index (χ3n) is 3.31. The first kappa shape index (κ1) is 12.0. The van der Waals surface area contributed by atoms with Gasteiger partial charge in [0.05, 0.1) is 19.9 Å². The molecule has 98 valence electrons. The van der Waals surface area contributed by atoms with E-state index >= 15 is 0 Å². The summed E-state index contributed by atoms with van der Waals surface area (Å²) < 4.78 is 10.6. The minimum atomic E-state index is -0.700. The summed E-state index contributed by atoms with van der Waals surface area (Å²) in [6.45, 7) is 0.718. The van der Waals surface area contributed by atoms with Crippen molar-refractivity contribution in [3.8, 4) is 11.5 Å². The van der Waals surface area contributed by atoms with Gasteiger partial charge in [0.1, 0.15) is 17.6 Å². The molecule has 0 fully saturated rings. The number of aliphatic hydroxyl groups excluding tert-OH is 1. The molecule has 0 aliphatic carbocycles. The quantitative estimate of drug-likeness (QED) is 0.915. The second-order valence-corrected chi connectivity index (χ2v) is 4.53. The number of hydrogen-bond acceptors (Lipinski definition) is 4. The Bertz CT molecular complexity index is 598. The molecule has 2 aromatic rings. The van der Waals surface area contributed by atoms with Crippen molar-refractivity contribution in [3.63, 3.8) is 0 Å². The Labute approximate surface area is 111 Å². The number of nitrogens with zero attached hydrogens (tertiary/aromatic N) is 1. The molecule has 1 unspecified atom stereocenters. The van der Waals surface area contributed by atoms with E-state index in [2.05, 4.69) is 4.98 Å². The Balaban J connectivity index is 1.92. The summed E-state index contributed by atoms with van der Waals surface area (Å²) in [6, 6.07) is 7.58. The van der Waals surface area contributed by atoms with Gasteiger partial charge in [0, 0.05) is 18.2 Å². The van der Waals surface area contributed by atoms with Crippen LogP contribution in [0, 0.1) is 0 Å². The fourth-order valence-electron chi connectivity index (χ4n) is 2.27. The molecule has 1 atom stereocenters. The monoisotopic (exact) mass is 257 g/mol. The molecule has 1 aliphatic rings. The largest absolute Gasteiger partial charge is 0.495 e. The highest BCUT2D eigenvalue weighted by molar-refractivity contribution is 5.42. The summed E-state index contributed by atoms with van der Waals surface area (Å²) in [5.41, 5.74) is 2.71. The van der Waals surface area contributed by atoms with E-state index in [9.17, 15) is 5.11 Å². The SMILES string of the molecule is COc1cncc(C(O)c2ccc3c(c2)CCO3)c1. The second kappa shape index (κ2) is 4.90. The van der Waals surface area contributed by atoms with Crippen LogP contribution in [0.1, 0.15) is 22.8 Å². The number of fused-ring (bicyclic) bond motifs is 1. The molecule has 4 nitrogen and oxygen atoms in total. The fourth-order valence-corrected chi connectivity index (χ4v) is 2.27. The first-order chi connectivity index (χ1) is 9.28. The maximum atomic E-state index is 10.4. The van der Waals surface area contributed by atoms with E-state index in [4.69, 9.17) is 9.47 Å². The topological polar surface area (TPSA) is 51.6 Å². The minimum absolute atomic E-state index is 0.640. The first-order valence-corrected chi connectivity index (χ1v) is 6.20. The van der Waals surface area contributed by atoms with Crippen molar-refractivity contribution in [2.45, 2.75) is 12.5 Å². The van der Waals surface area contributed by atoms with Crippen molar-refractivity contribution >= 4 is 0 Å². The van der Waals surface area contributed by atoms with Crippen LogP contribution in [0.2, 0.25) is 0 Å². The molecule has 0 radical (unpaired) electrons. The molecule has 0 amide bonds. The van der Waals surface area contributed by atoms with Crippen molar-refractivity contribution in [2.75, 3.05) is 13.7 Å². The molecule has 0 saturated heterocycles. The van der Waals surface area contributed by atoms with Gasteiger partial charge in [-0.05, 0) is 29.3 Å². The highest BCUT2D eigenvalue weighted by Gasteiger charge is 2.17. The molecule has 1 aromatic carbocycles. The van der Waals surface area contributed by atoms with Crippen molar-refractivity contribution in [1.82, 2.24) is 4.98 Å². The fraction of sp³-hybridized carbons (Fsp3) is 0.267. The zero-order valence-corrected chi connectivity index (χ0v) is 10.7. The molecule has 4 heteroatoms. The number of rotatable bonds is 3. The first-order valence-electron chi connectivity index (χ1n) is 6.20. The number of benzene rings is 1. The number of ether oxygens (including phenoxy) is 2. The van der Waals surface area contributed by atoms with Crippen LogP contribution in [0.25, 0.3) is 0 Å². The van der Waals surface area contributed by atoms with Gasteiger partial charge in [-0.15, -0.1) is 0 Å². The van der Waals surface area contributed by atoms with E-state index in [1.807, 2.05) is 18.2 Å². The summed E-state index contributed by atoms with van der Waals surface area (Å²) >= 11 is 0. The molecule has 1 aromatic heterocycles. The Morgan fingerprint density at radius 2 is 2.16 bits per heavy atom. The lowest BCUT2D eigenvalue weighted by Crippen LogP contribution is -2.01. The predicted octanol–water partition coefficient (Wildman–Crippen LogP) is 2.11. The normalized spacial score (nSPS) is 14.6. The maximum Gasteiger partial charge on any atom is 0.137 e. The Hall–Kier alpha value is -2.07. The van der Waals surface area contributed by atoms with Gasteiger partial charge in [-0.3, -0.25) is 4.98 Å². The number of hydrogen-bond donors (Lipinski definition) is 1. The molecular formula is C15H15NO3. The van der Waals surface area contributed by atoms with E-state index in [0.29, 0.717) is 5.75 Å². The van der Waals surface area contributed by atoms with Crippen molar-refractivity contribution in [3.05, 3.63) is 53.3 Å². The molecule has 19 heavy (non-hydrogen) atoms. The van der Waals surface area contributed by atoms with Crippen LogP contribution in [-0.4, -0.2) is 23.8 Å². The third kappa shape index (κ3) is 2.27. The molecule has 2 heterocycles. The maximum absolute atomic E-state index is 10.4. The summed E-state index contributed by atoms with van der Waals surface area (Å²) in [5.74, 6) is 1.56. The molecule has 0 bridgehead atoms. The molecule has 1 N–H and O–H groups in total. The minimum Gasteiger partial charge on any atom is -0.495 e. The van der Waals surface area contributed by atoms with Crippen LogP contribution in [0.15, 0.2) is 36.7 Å². The molecular weight excluding hydrogens is 242 g/mol. The van der Waals surface area contributed by atoms with Gasteiger partial charge in [0.25, 0.3) is 0 Å². The van der Waals surface area contributed by atoms with Crippen LogP contribution >= 0.6 is 0 Å². The van der Waals surface area contributed by atoms with E-state index in [1.165, 1.54) is 0 Å². The Morgan fingerprint density at radius 3 is 3.00 bits per heavy atom. The van der Waals surface area contributed by atoms with Gasteiger partial charge in [-0.1, -0.05) is 6.07 Å². The van der Waals surface area contributed by atoms with Gasteiger partial charge in [0.2, 0.25) is 0 Å². The van der Waals surface area contributed by atoms with Crippen molar-refractivity contribution < 1.29 is 14.6 Å². The number of methoxy groups -OCH3 is 1. The standard InChI is InChI=1S/C15H15NO3/c1-18-13-7-12(8-16-9-13)15(17)11-2-3-14-10(6-11)4-5-19-14/h2-3,6-9,15,17H,4-5H2,1H3. The van der Waals surface area contributed by atoms with Crippen LogP contribution in [0.5, 0.6) is 11.5 Å². The predicted molar refractivity (Wildman–Crippen MR) is 70.5 cm³/mol. The Kier molecular flexibility index (Phi) is 3.09. The summed E-state index contributed by atoms with van der Waals surface area (Å²) in [6.07, 6.45) is 3.46. The third-order valence-corrected chi connectivity index (χ3v) is 3.31. The van der Waals surface area contributed by atoms with Crippen LogP contribution in [0.4, 0.5) is 0 Å². The zero-order chi connectivity index (χ0) is 13.2. The summed E-state index contributed by atoms with van der Waals surface area (Å²) in [7, 11) is 1.58. The Morgan fingerprint density at radius 1 is 1.26 bits per heavy atom. The van der Waals surface area contributed by atoms with Crippen LogP contribution in [-0.2, 0) is 6.42 Å². The number of aromatic nitrogens is 1. The van der Waals surface area contributed by atoms with Gasteiger partial charge >= 0.3 is 0 Å². The average molecular weight is 257 g/mol. The van der Waals surface area contributed by atoms with Crippen molar-refractivity contribution in [2.24, 2.45) is 0 Å². The van der Waals surface area contributed by atoms with Gasteiger partial charge in [0.15, 0.2) is 0 Å². The highest BCUT2D eigenvalue weighted by Crippen LogP contribution is 2.31. The molecule has 0 saturated carbocycles. The number of pyridine rings is 1. The molecule has 3 rings (SSSR count). The average Bonchev–Trinajstić information content (AvgIpc) is 2.94. The van der Waals surface area contributed by atoms with Gasteiger partial charge in [-0.2, -0.15) is 0 Å². The second-order valence-electron chi connectivity index (χ2n) is 4.53. The molecule has 1 aliphatic heterocycles. The van der Waals surface area contributed by atoms with Gasteiger partial charge < -0.3 is 14.6 Å². The molecule has 0 spiro atoms. The van der Waals surface area contributed by atoms with Gasteiger partial charge in [-0.25, -0.2) is 0 Å². The van der Waals surface area contributed by atoms with E-state index in [0.717, 1.165) is 35.5 Å². The summed E-state index contributed by atoms with van der Waals surface area (Å²) in [5, 5.41) is 10.4.